The fraction of sp³-hybridized carbons (Fsp3) is 0.133. The highest BCUT2D eigenvalue weighted by molar-refractivity contribution is 5.76. The maximum absolute atomic E-state index is 10.9. The van der Waals surface area contributed by atoms with Gasteiger partial charge in [-0.25, -0.2) is 0 Å². The number of rotatable bonds is 3. The highest BCUT2D eigenvalue weighted by Gasteiger charge is 2.12. The predicted octanol–water partition coefficient (Wildman–Crippen LogP) is 3.54. The molecule has 0 saturated carbocycles. The van der Waals surface area contributed by atoms with Crippen LogP contribution in [-0.2, 0) is 4.79 Å². The van der Waals surface area contributed by atoms with Crippen molar-refractivity contribution in [3.63, 3.8) is 0 Å². The van der Waals surface area contributed by atoms with E-state index in [-0.39, 0.29) is 0 Å². The fourth-order valence-electron chi connectivity index (χ4n) is 1.74. The summed E-state index contributed by atoms with van der Waals surface area (Å²) in [5.41, 5.74) is 3.08. The van der Waals surface area contributed by atoms with E-state index in [4.69, 9.17) is 5.11 Å². The second-order valence-corrected chi connectivity index (χ2v) is 4.05. The van der Waals surface area contributed by atoms with Gasteiger partial charge in [0.15, 0.2) is 0 Å². The number of carboxylic acid groups (broad SMARTS) is 1. The van der Waals surface area contributed by atoms with Crippen LogP contribution in [0.25, 0.3) is 11.1 Å². The van der Waals surface area contributed by atoms with Crippen molar-refractivity contribution in [1.82, 2.24) is 0 Å². The molecule has 2 aromatic carbocycles. The Labute approximate surface area is 101 Å². The molecule has 0 aliphatic rings. The molecule has 0 fully saturated rings. The van der Waals surface area contributed by atoms with Gasteiger partial charge in [-0.1, -0.05) is 54.6 Å². The quantitative estimate of drug-likeness (QED) is 0.869. The zero-order chi connectivity index (χ0) is 12.3. The zero-order valence-corrected chi connectivity index (χ0v) is 9.63. The molecule has 0 heterocycles. The number of carboxylic acids is 1. The molecule has 86 valence electrons. The summed E-state index contributed by atoms with van der Waals surface area (Å²) < 4.78 is 0. The van der Waals surface area contributed by atoms with E-state index in [9.17, 15) is 4.79 Å². The average Bonchev–Trinajstić information content (AvgIpc) is 2.39. The van der Waals surface area contributed by atoms with Crippen LogP contribution in [0.3, 0.4) is 0 Å². The zero-order valence-electron chi connectivity index (χ0n) is 9.63. The van der Waals surface area contributed by atoms with Crippen LogP contribution in [0.15, 0.2) is 54.6 Å². The van der Waals surface area contributed by atoms with Gasteiger partial charge in [0.2, 0.25) is 0 Å². The largest absolute Gasteiger partial charge is 0.481 e. The van der Waals surface area contributed by atoms with Crippen molar-refractivity contribution in [3.05, 3.63) is 60.2 Å². The summed E-state index contributed by atoms with van der Waals surface area (Å²) in [5, 5.41) is 8.92. The normalized spacial score (nSPS) is 12.1. The summed E-state index contributed by atoms with van der Waals surface area (Å²) in [5.74, 6) is -1.25. The molecule has 1 N–H and O–H groups in total. The molecule has 0 aliphatic heterocycles. The van der Waals surface area contributed by atoms with Crippen molar-refractivity contribution in [2.24, 2.45) is 0 Å². The molecule has 2 heteroatoms. The second-order valence-electron chi connectivity index (χ2n) is 4.05. The number of hydrogen-bond acceptors (Lipinski definition) is 1. The van der Waals surface area contributed by atoms with Gasteiger partial charge in [-0.3, -0.25) is 4.79 Å². The van der Waals surface area contributed by atoms with Crippen LogP contribution in [0.4, 0.5) is 0 Å². The van der Waals surface area contributed by atoms with Gasteiger partial charge in [0.25, 0.3) is 0 Å². The summed E-state index contributed by atoms with van der Waals surface area (Å²) >= 11 is 0. The van der Waals surface area contributed by atoms with E-state index in [2.05, 4.69) is 0 Å². The van der Waals surface area contributed by atoms with Crippen LogP contribution < -0.4 is 0 Å². The standard InChI is InChI=1S/C15H14O2/c1-11(15(16)17)12-7-9-14(10-8-12)13-5-3-2-4-6-13/h2-11H,1H3,(H,16,17)/t11-/m1/s1. The van der Waals surface area contributed by atoms with E-state index >= 15 is 0 Å². The maximum Gasteiger partial charge on any atom is 0.310 e. The lowest BCUT2D eigenvalue weighted by atomic mass is 9.98. The van der Waals surface area contributed by atoms with E-state index in [0.717, 1.165) is 16.7 Å². The Morgan fingerprint density at radius 3 is 2.00 bits per heavy atom. The van der Waals surface area contributed by atoms with Gasteiger partial charge in [-0.2, -0.15) is 0 Å². The molecule has 0 radical (unpaired) electrons. The fourth-order valence-corrected chi connectivity index (χ4v) is 1.74. The predicted molar refractivity (Wildman–Crippen MR) is 67.9 cm³/mol. The average molecular weight is 226 g/mol. The lowest BCUT2D eigenvalue weighted by molar-refractivity contribution is -0.138. The molecular formula is C15H14O2. The van der Waals surface area contributed by atoms with Crippen LogP contribution in [0, 0.1) is 0 Å². The van der Waals surface area contributed by atoms with E-state index in [1.165, 1.54) is 0 Å². The molecule has 17 heavy (non-hydrogen) atoms. The van der Waals surface area contributed by atoms with Crippen LogP contribution in [0.2, 0.25) is 0 Å². The van der Waals surface area contributed by atoms with Crippen molar-refractivity contribution in [3.8, 4) is 11.1 Å². The van der Waals surface area contributed by atoms with Gasteiger partial charge < -0.3 is 5.11 Å². The van der Waals surface area contributed by atoms with E-state index < -0.39 is 11.9 Å². The monoisotopic (exact) mass is 226 g/mol. The molecular weight excluding hydrogens is 212 g/mol. The van der Waals surface area contributed by atoms with E-state index in [0.29, 0.717) is 0 Å². The lowest BCUT2D eigenvalue weighted by Crippen LogP contribution is -2.06. The maximum atomic E-state index is 10.9. The smallest absolute Gasteiger partial charge is 0.310 e. The summed E-state index contributed by atoms with van der Waals surface area (Å²) in [6.07, 6.45) is 0. The van der Waals surface area contributed by atoms with Crippen LogP contribution in [-0.4, -0.2) is 11.1 Å². The summed E-state index contributed by atoms with van der Waals surface area (Å²) in [6, 6.07) is 17.7. The third-order valence-electron chi connectivity index (χ3n) is 2.89. The third kappa shape index (κ3) is 2.53. The van der Waals surface area contributed by atoms with Gasteiger partial charge in [-0.05, 0) is 23.6 Å². The van der Waals surface area contributed by atoms with Crippen LogP contribution in [0.5, 0.6) is 0 Å². The first kappa shape index (κ1) is 11.4. The van der Waals surface area contributed by atoms with Gasteiger partial charge in [0.1, 0.15) is 0 Å². The van der Waals surface area contributed by atoms with Crippen molar-refractivity contribution < 1.29 is 9.90 Å². The Balaban J connectivity index is 2.28. The Morgan fingerprint density at radius 2 is 1.47 bits per heavy atom. The minimum atomic E-state index is -0.794. The summed E-state index contributed by atoms with van der Waals surface area (Å²) in [7, 11) is 0. The Hall–Kier alpha value is -2.09. The summed E-state index contributed by atoms with van der Waals surface area (Å²) in [4.78, 5) is 10.9. The number of benzene rings is 2. The molecule has 0 bridgehead atoms. The van der Waals surface area contributed by atoms with E-state index in [1.54, 1.807) is 6.92 Å². The molecule has 2 nitrogen and oxygen atoms in total. The molecule has 0 amide bonds. The highest BCUT2D eigenvalue weighted by Crippen LogP contribution is 2.22. The number of aliphatic carboxylic acids is 1. The minimum Gasteiger partial charge on any atom is -0.481 e. The van der Waals surface area contributed by atoms with Crippen molar-refractivity contribution in [2.45, 2.75) is 12.8 Å². The first-order valence-electron chi connectivity index (χ1n) is 5.56. The molecule has 1 atom stereocenters. The van der Waals surface area contributed by atoms with Crippen LogP contribution >= 0.6 is 0 Å². The van der Waals surface area contributed by atoms with E-state index in [1.807, 2.05) is 54.6 Å². The second kappa shape index (κ2) is 4.83. The van der Waals surface area contributed by atoms with Gasteiger partial charge in [0, 0.05) is 0 Å². The number of hydrogen-bond donors (Lipinski definition) is 1. The molecule has 0 unspecified atom stereocenters. The molecule has 0 spiro atoms. The molecule has 0 aromatic heterocycles. The van der Waals surface area contributed by atoms with Crippen LogP contribution in [0.1, 0.15) is 18.4 Å². The first-order valence-corrected chi connectivity index (χ1v) is 5.56. The molecule has 0 aliphatic carbocycles. The van der Waals surface area contributed by atoms with Gasteiger partial charge in [-0.15, -0.1) is 0 Å². The SMILES string of the molecule is C[C@@H](C(=O)O)c1ccc(-c2ccccc2)cc1. The molecule has 2 aromatic rings. The van der Waals surface area contributed by atoms with Gasteiger partial charge >= 0.3 is 5.97 Å². The molecule has 2 rings (SSSR count). The Morgan fingerprint density at radius 1 is 0.941 bits per heavy atom. The van der Waals surface area contributed by atoms with Crippen molar-refractivity contribution >= 4 is 5.97 Å². The van der Waals surface area contributed by atoms with Gasteiger partial charge in [0.05, 0.1) is 5.92 Å². The van der Waals surface area contributed by atoms with Crippen molar-refractivity contribution in [1.29, 1.82) is 0 Å². The lowest BCUT2D eigenvalue weighted by Gasteiger charge is -2.07. The minimum absolute atomic E-state index is 0.458. The highest BCUT2D eigenvalue weighted by atomic mass is 16.4. The van der Waals surface area contributed by atoms with Crippen molar-refractivity contribution in [2.75, 3.05) is 0 Å². The summed E-state index contributed by atoms with van der Waals surface area (Å²) in [6.45, 7) is 1.69. The first-order chi connectivity index (χ1) is 8.18. The molecule has 0 saturated heterocycles. The Kier molecular flexibility index (Phi) is 3.24. The number of carbonyl (C=O) groups is 1. The topological polar surface area (TPSA) is 37.3 Å². The Bertz CT molecular complexity index is 500. The third-order valence-corrected chi connectivity index (χ3v) is 2.89.